The van der Waals surface area contributed by atoms with E-state index < -0.39 is 15.8 Å². The fourth-order valence-electron chi connectivity index (χ4n) is 4.71. The Balaban J connectivity index is 1.26. The summed E-state index contributed by atoms with van der Waals surface area (Å²) in [7, 11) is -3.77. The zero-order chi connectivity index (χ0) is 21.3. The van der Waals surface area contributed by atoms with Gasteiger partial charge in [0.05, 0.1) is 9.92 Å². The van der Waals surface area contributed by atoms with Gasteiger partial charge in [-0.15, -0.1) is 0 Å². The molecule has 0 aromatic heterocycles. The molecular weight excluding hydrogens is 429 g/mol. The van der Waals surface area contributed by atoms with E-state index in [1.165, 1.54) is 25.3 Å². The summed E-state index contributed by atoms with van der Waals surface area (Å²) >= 11 is 5.72. The number of carbonyl (C=O) groups excluding carboxylic acids is 1. The molecule has 2 saturated carbocycles. The van der Waals surface area contributed by atoms with E-state index in [1.54, 1.807) is 0 Å². The molecular formula is C21H29ClFN3O3S. The van der Waals surface area contributed by atoms with Crippen molar-refractivity contribution >= 4 is 27.5 Å². The fourth-order valence-corrected chi connectivity index (χ4v) is 6.28. The van der Waals surface area contributed by atoms with Crippen LogP contribution in [-0.2, 0) is 14.8 Å². The van der Waals surface area contributed by atoms with Gasteiger partial charge in [-0.3, -0.25) is 9.69 Å². The second-order valence-corrected chi connectivity index (χ2v) is 10.8. The number of benzene rings is 1. The van der Waals surface area contributed by atoms with E-state index >= 15 is 0 Å². The average Bonchev–Trinajstić information content (AvgIpc) is 2.69. The molecule has 0 atom stereocenters. The number of carbonyl (C=O) groups is 1. The van der Waals surface area contributed by atoms with Crippen LogP contribution in [0.1, 0.15) is 44.9 Å². The number of hydrogen-bond donors (Lipinski definition) is 1. The summed E-state index contributed by atoms with van der Waals surface area (Å²) in [5.41, 5.74) is 0. The summed E-state index contributed by atoms with van der Waals surface area (Å²) in [4.78, 5) is 17.4. The van der Waals surface area contributed by atoms with E-state index in [0.29, 0.717) is 25.7 Å². The molecule has 2 aliphatic carbocycles. The maximum absolute atomic E-state index is 13.3. The number of sulfonamides is 1. The van der Waals surface area contributed by atoms with Crippen LogP contribution in [-0.4, -0.2) is 62.4 Å². The normalized spacial score (nSPS) is 26.4. The number of nitrogens with one attached hydrogen (secondary N) is 1. The fraction of sp³-hybridized carbons (Fsp3) is 0.667. The molecule has 9 heteroatoms. The standard InChI is InChI=1S/C21H29ClFN3O3S/c22-19-14-18(8-9-20(19)23)30(28,29)24-16-6-4-15(5-7-16)21(27)26-12-10-25(11-13-26)17-2-1-3-17/h8-9,14-17,24H,1-7,10-13H2. The highest BCUT2D eigenvalue weighted by molar-refractivity contribution is 7.89. The van der Waals surface area contributed by atoms with Crippen LogP contribution >= 0.6 is 11.6 Å². The minimum Gasteiger partial charge on any atom is -0.340 e. The summed E-state index contributed by atoms with van der Waals surface area (Å²) in [5, 5.41) is -0.218. The van der Waals surface area contributed by atoms with Gasteiger partial charge >= 0.3 is 0 Å². The molecule has 1 aromatic carbocycles. The number of hydrogen-bond acceptors (Lipinski definition) is 4. The molecule has 6 nitrogen and oxygen atoms in total. The predicted molar refractivity (Wildman–Crippen MR) is 113 cm³/mol. The number of rotatable bonds is 5. The number of halogens is 2. The maximum Gasteiger partial charge on any atom is 0.240 e. The van der Waals surface area contributed by atoms with E-state index in [2.05, 4.69) is 9.62 Å². The van der Waals surface area contributed by atoms with Crippen LogP contribution in [0.25, 0.3) is 0 Å². The van der Waals surface area contributed by atoms with Gasteiger partial charge in [0, 0.05) is 44.2 Å². The molecule has 3 aliphatic rings. The van der Waals surface area contributed by atoms with Gasteiger partial charge in [0.15, 0.2) is 0 Å². The Labute approximate surface area is 182 Å². The molecule has 1 aliphatic heterocycles. The second-order valence-electron chi connectivity index (χ2n) is 8.69. The quantitative estimate of drug-likeness (QED) is 0.737. The number of piperazine rings is 1. The summed E-state index contributed by atoms with van der Waals surface area (Å²) < 4.78 is 41.1. The van der Waals surface area contributed by atoms with E-state index in [-0.39, 0.29) is 27.8 Å². The minimum absolute atomic E-state index is 0.0266. The summed E-state index contributed by atoms with van der Waals surface area (Å²) in [6.45, 7) is 3.53. The van der Waals surface area contributed by atoms with Gasteiger partial charge in [0.2, 0.25) is 15.9 Å². The van der Waals surface area contributed by atoms with Crippen molar-refractivity contribution in [3.05, 3.63) is 29.0 Å². The molecule has 0 bridgehead atoms. The van der Waals surface area contributed by atoms with Gasteiger partial charge in [-0.05, 0) is 56.7 Å². The van der Waals surface area contributed by atoms with Crippen LogP contribution < -0.4 is 4.72 Å². The molecule has 1 heterocycles. The van der Waals surface area contributed by atoms with Crippen molar-refractivity contribution in [2.45, 2.75) is 61.9 Å². The lowest BCUT2D eigenvalue weighted by Crippen LogP contribution is -2.54. The molecule has 4 rings (SSSR count). The van der Waals surface area contributed by atoms with Gasteiger partial charge in [-0.2, -0.15) is 0 Å². The predicted octanol–water partition coefficient (Wildman–Crippen LogP) is 3.01. The Kier molecular flexibility index (Phi) is 6.67. The Hall–Kier alpha value is -1.22. The van der Waals surface area contributed by atoms with Crippen LogP contribution in [0.5, 0.6) is 0 Å². The lowest BCUT2D eigenvalue weighted by molar-refractivity contribution is -0.139. The summed E-state index contributed by atoms with van der Waals surface area (Å²) in [6.07, 6.45) is 6.50. The largest absolute Gasteiger partial charge is 0.340 e. The molecule has 30 heavy (non-hydrogen) atoms. The molecule has 1 aromatic rings. The SMILES string of the molecule is O=C(C1CCC(NS(=O)(=O)c2ccc(F)c(Cl)c2)CC1)N1CCN(C2CCC2)CC1. The average molecular weight is 458 g/mol. The highest BCUT2D eigenvalue weighted by Gasteiger charge is 2.34. The molecule has 3 fully saturated rings. The lowest BCUT2D eigenvalue weighted by Gasteiger charge is -2.44. The van der Waals surface area contributed by atoms with Gasteiger partial charge in [0.25, 0.3) is 0 Å². The van der Waals surface area contributed by atoms with E-state index in [4.69, 9.17) is 11.6 Å². The first-order chi connectivity index (χ1) is 14.3. The molecule has 1 saturated heterocycles. The Morgan fingerprint density at radius 3 is 2.27 bits per heavy atom. The van der Waals surface area contributed by atoms with Crippen molar-refractivity contribution in [2.24, 2.45) is 5.92 Å². The van der Waals surface area contributed by atoms with Crippen molar-refractivity contribution in [2.75, 3.05) is 26.2 Å². The van der Waals surface area contributed by atoms with Gasteiger partial charge < -0.3 is 4.90 Å². The Bertz CT molecular complexity index is 877. The third-order valence-electron chi connectivity index (χ3n) is 6.82. The van der Waals surface area contributed by atoms with Crippen LogP contribution in [0.3, 0.4) is 0 Å². The smallest absolute Gasteiger partial charge is 0.240 e. The van der Waals surface area contributed by atoms with Crippen molar-refractivity contribution in [1.82, 2.24) is 14.5 Å². The number of nitrogens with zero attached hydrogens (tertiary/aromatic N) is 2. The van der Waals surface area contributed by atoms with Crippen LogP contribution in [0.2, 0.25) is 5.02 Å². The zero-order valence-electron chi connectivity index (χ0n) is 17.0. The van der Waals surface area contributed by atoms with Crippen LogP contribution in [0, 0.1) is 11.7 Å². The second kappa shape index (κ2) is 9.10. The van der Waals surface area contributed by atoms with Crippen molar-refractivity contribution in [3.63, 3.8) is 0 Å². The van der Waals surface area contributed by atoms with Crippen molar-refractivity contribution in [1.29, 1.82) is 0 Å². The van der Waals surface area contributed by atoms with Gasteiger partial charge in [-0.25, -0.2) is 17.5 Å². The van der Waals surface area contributed by atoms with Crippen LogP contribution in [0.15, 0.2) is 23.1 Å². The zero-order valence-corrected chi connectivity index (χ0v) is 18.6. The van der Waals surface area contributed by atoms with Gasteiger partial charge in [0.1, 0.15) is 5.82 Å². The monoisotopic (exact) mass is 457 g/mol. The molecule has 166 valence electrons. The number of amides is 1. The van der Waals surface area contributed by atoms with E-state index in [0.717, 1.165) is 44.4 Å². The molecule has 0 spiro atoms. The first-order valence-electron chi connectivity index (χ1n) is 10.8. The third kappa shape index (κ3) is 4.82. The van der Waals surface area contributed by atoms with Crippen molar-refractivity contribution in [3.8, 4) is 0 Å². The maximum atomic E-state index is 13.3. The minimum atomic E-state index is -3.77. The first-order valence-corrected chi connectivity index (χ1v) is 12.7. The van der Waals surface area contributed by atoms with Gasteiger partial charge in [-0.1, -0.05) is 18.0 Å². The highest BCUT2D eigenvalue weighted by atomic mass is 35.5. The van der Waals surface area contributed by atoms with E-state index in [9.17, 15) is 17.6 Å². The topological polar surface area (TPSA) is 69.7 Å². The van der Waals surface area contributed by atoms with E-state index in [1.807, 2.05) is 4.90 Å². The summed E-state index contributed by atoms with van der Waals surface area (Å²) in [6, 6.07) is 3.89. The molecule has 1 N–H and O–H groups in total. The highest BCUT2D eigenvalue weighted by Crippen LogP contribution is 2.29. The first kappa shape index (κ1) is 22.0. The molecule has 1 amide bonds. The van der Waals surface area contributed by atoms with Crippen molar-refractivity contribution < 1.29 is 17.6 Å². The Morgan fingerprint density at radius 2 is 1.70 bits per heavy atom. The molecule has 0 radical (unpaired) electrons. The third-order valence-corrected chi connectivity index (χ3v) is 8.62. The Morgan fingerprint density at radius 1 is 1.03 bits per heavy atom. The lowest BCUT2D eigenvalue weighted by atomic mass is 9.85. The summed E-state index contributed by atoms with van der Waals surface area (Å²) in [5.74, 6) is -0.459. The van der Waals surface area contributed by atoms with Crippen LogP contribution in [0.4, 0.5) is 4.39 Å². The molecule has 0 unspecified atom stereocenters.